The summed E-state index contributed by atoms with van der Waals surface area (Å²) in [7, 11) is 1.57. The number of nitrogens with zero attached hydrogens (tertiary/aromatic N) is 2. The topological polar surface area (TPSA) is 101 Å². The molecule has 2 heterocycles. The molecule has 4 amide bonds. The molecule has 2 N–H and O–H groups in total. The van der Waals surface area contributed by atoms with Crippen LogP contribution in [-0.2, 0) is 16.1 Å². The maximum atomic E-state index is 12.6. The highest BCUT2D eigenvalue weighted by molar-refractivity contribution is 7.22. The second kappa shape index (κ2) is 7.88. The van der Waals surface area contributed by atoms with Crippen molar-refractivity contribution in [2.45, 2.75) is 19.0 Å². The predicted molar refractivity (Wildman–Crippen MR) is 109 cm³/mol. The summed E-state index contributed by atoms with van der Waals surface area (Å²) in [6, 6.07) is 13.2. The zero-order valence-corrected chi connectivity index (χ0v) is 16.4. The van der Waals surface area contributed by atoms with E-state index in [0.717, 1.165) is 20.7 Å². The quantitative estimate of drug-likeness (QED) is 0.609. The van der Waals surface area contributed by atoms with Crippen LogP contribution < -0.4 is 15.4 Å². The third kappa shape index (κ3) is 4.04. The van der Waals surface area contributed by atoms with Gasteiger partial charge in [-0.05, 0) is 29.8 Å². The molecular formula is C20H18N4O4S. The molecular weight excluding hydrogens is 392 g/mol. The lowest BCUT2D eigenvalue weighted by Crippen LogP contribution is -2.34. The van der Waals surface area contributed by atoms with Crippen LogP contribution in [0.15, 0.2) is 48.5 Å². The van der Waals surface area contributed by atoms with Crippen LogP contribution in [0.4, 0.5) is 9.93 Å². The van der Waals surface area contributed by atoms with E-state index in [9.17, 15) is 14.4 Å². The lowest BCUT2D eigenvalue weighted by atomic mass is 10.1. The second-order valence-electron chi connectivity index (χ2n) is 6.51. The summed E-state index contributed by atoms with van der Waals surface area (Å²) >= 11 is 1.35. The molecule has 0 spiro atoms. The number of rotatable bonds is 6. The van der Waals surface area contributed by atoms with Gasteiger partial charge in [0.1, 0.15) is 11.8 Å². The van der Waals surface area contributed by atoms with E-state index in [4.69, 9.17) is 4.74 Å². The van der Waals surface area contributed by atoms with Gasteiger partial charge in [-0.2, -0.15) is 0 Å². The molecule has 29 heavy (non-hydrogen) atoms. The first-order chi connectivity index (χ1) is 14.0. The number of benzene rings is 2. The molecule has 8 nitrogen and oxygen atoms in total. The molecule has 9 heteroatoms. The van der Waals surface area contributed by atoms with Gasteiger partial charge in [-0.15, -0.1) is 0 Å². The molecule has 0 aliphatic carbocycles. The molecule has 1 aromatic heterocycles. The zero-order chi connectivity index (χ0) is 20.4. The molecule has 1 aliphatic rings. The number of imide groups is 1. The van der Waals surface area contributed by atoms with Crippen molar-refractivity contribution in [2.75, 3.05) is 12.4 Å². The van der Waals surface area contributed by atoms with E-state index in [1.807, 2.05) is 24.3 Å². The second-order valence-corrected chi connectivity index (χ2v) is 7.54. The SMILES string of the molecule is COc1ccc(CN2C(=O)NC(CC(=O)Nc3nc4ccccc4s3)C2=O)cc1. The minimum Gasteiger partial charge on any atom is -0.497 e. The highest BCUT2D eigenvalue weighted by Gasteiger charge is 2.39. The van der Waals surface area contributed by atoms with E-state index in [1.165, 1.54) is 11.3 Å². The fourth-order valence-electron chi connectivity index (χ4n) is 3.06. The average molecular weight is 410 g/mol. The third-order valence-corrected chi connectivity index (χ3v) is 5.49. The Hall–Kier alpha value is -3.46. The van der Waals surface area contributed by atoms with Crippen LogP contribution in [0.2, 0.25) is 0 Å². The van der Waals surface area contributed by atoms with E-state index in [-0.39, 0.29) is 18.9 Å². The predicted octanol–water partition coefficient (Wildman–Crippen LogP) is 2.75. The van der Waals surface area contributed by atoms with Crippen molar-refractivity contribution in [1.82, 2.24) is 15.2 Å². The molecule has 1 saturated heterocycles. The first-order valence-electron chi connectivity index (χ1n) is 8.94. The minimum absolute atomic E-state index is 0.130. The van der Waals surface area contributed by atoms with Crippen molar-refractivity contribution >= 4 is 44.5 Å². The lowest BCUT2D eigenvalue weighted by molar-refractivity contribution is -0.130. The number of aromatic nitrogens is 1. The van der Waals surface area contributed by atoms with Crippen LogP contribution >= 0.6 is 11.3 Å². The van der Waals surface area contributed by atoms with Crippen molar-refractivity contribution in [3.63, 3.8) is 0 Å². The summed E-state index contributed by atoms with van der Waals surface area (Å²) in [5.74, 6) is -0.116. The van der Waals surface area contributed by atoms with Crippen LogP contribution in [-0.4, -0.2) is 40.9 Å². The third-order valence-electron chi connectivity index (χ3n) is 4.54. The molecule has 3 aromatic rings. The molecule has 0 saturated carbocycles. The fourth-order valence-corrected chi connectivity index (χ4v) is 3.94. The molecule has 1 unspecified atom stereocenters. The lowest BCUT2D eigenvalue weighted by Gasteiger charge is -2.13. The molecule has 1 atom stereocenters. The fraction of sp³-hybridized carbons (Fsp3) is 0.200. The maximum Gasteiger partial charge on any atom is 0.325 e. The highest BCUT2D eigenvalue weighted by atomic mass is 32.1. The Bertz CT molecular complexity index is 1050. The number of thiazole rings is 1. The largest absolute Gasteiger partial charge is 0.497 e. The zero-order valence-electron chi connectivity index (χ0n) is 15.5. The van der Waals surface area contributed by atoms with E-state index in [2.05, 4.69) is 15.6 Å². The number of carbonyl (C=O) groups excluding carboxylic acids is 3. The van der Waals surface area contributed by atoms with Gasteiger partial charge in [0.15, 0.2) is 5.13 Å². The van der Waals surface area contributed by atoms with Crippen LogP contribution in [0, 0.1) is 0 Å². The molecule has 148 valence electrons. The minimum atomic E-state index is -0.893. The van der Waals surface area contributed by atoms with Gasteiger partial charge in [0.25, 0.3) is 5.91 Å². The van der Waals surface area contributed by atoms with Crippen molar-refractivity contribution in [3.8, 4) is 5.75 Å². The molecule has 0 bridgehead atoms. The van der Waals surface area contributed by atoms with Crippen LogP contribution in [0.1, 0.15) is 12.0 Å². The number of fused-ring (bicyclic) bond motifs is 1. The number of hydrogen-bond donors (Lipinski definition) is 2. The van der Waals surface area contributed by atoms with Gasteiger partial charge < -0.3 is 15.4 Å². The Morgan fingerprint density at radius 2 is 1.97 bits per heavy atom. The molecule has 0 radical (unpaired) electrons. The van der Waals surface area contributed by atoms with Crippen molar-refractivity contribution in [2.24, 2.45) is 0 Å². The van der Waals surface area contributed by atoms with Gasteiger partial charge in [0.05, 0.1) is 30.3 Å². The average Bonchev–Trinajstić information content (AvgIpc) is 3.23. The number of anilines is 1. The summed E-state index contributed by atoms with van der Waals surface area (Å²) in [4.78, 5) is 42.6. The summed E-state index contributed by atoms with van der Waals surface area (Å²) in [6.07, 6.45) is -0.153. The number of methoxy groups -OCH3 is 1. The van der Waals surface area contributed by atoms with Crippen LogP contribution in [0.3, 0.4) is 0 Å². The summed E-state index contributed by atoms with van der Waals surface area (Å²) in [5.41, 5.74) is 1.58. The summed E-state index contributed by atoms with van der Waals surface area (Å²) < 4.78 is 6.06. The number of carbonyl (C=O) groups is 3. The van der Waals surface area contributed by atoms with Gasteiger partial charge in [-0.3, -0.25) is 14.5 Å². The number of urea groups is 1. The number of para-hydroxylation sites is 1. The Labute approximate surface area is 170 Å². The van der Waals surface area contributed by atoms with Crippen molar-refractivity contribution in [1.29, 1.82) is 0 Å². The normalized spacial score (nSPS) is 16.2. The van der Waals surface area contributed by atoms with Gasteiger partial charge in [0.2, 0.25) is 5.91 Å². The molecule has 2 aromatic carbocycles. The van der Waals surface area contributed by atoms with E-state index in [1.54, 1.807) is 31.4 Å². The Balaban J connectivity index is 1.38. The van der Waals surface area contributed by atoms with Gasteiger partial charge in [0, 0.05) is 0 Å². The highest BCUT2D eigenvalue weighted by Crippen LogP contribution is 2.25. The van der Waals surface area contributed by atoms with Gasteiger partial charge in [-0.25, -0.2) is 9.78 Å². The number of amides is 4. The van der Waals surface area contributed by atoms with Crippen LogP contribution in [0.5, 0.6) is 5.75 Å². The molecule has 1 aliphatic heterocycles. The first-order valence-corrected chi connectivity index (χ1v) is 9.75. The van der Waals surface area contributed by atoms with E-state index < -0.39 is 18.0 Å². The van der Waals surface area contributed by atoms with Crippen molar-refractivity contribution in [3.05, 3.63) is 54.1 Å². The number of ether oxygens (including phenoxy) is 1. The maximum absolute atomic E-state index is 12.6. The Morgan fingerprint density at radius 1 is 1.21 bits per heavy atom. The number of nitrogens with one attached hydrogen (secondary N) is 2. The number of hydrogen-bond acceptors (Lipinski definition) is 6. The standard InChI is InChI=1S/C20H18N4O4S/c1-28-13-8-6-12(7-9-13)11-24-18(26)15(22-20(24)27)10-17(25)23-19-21-14-4-2-3-5-16(14)29-19/h2-9,15H,10-11H2,1H3,(H,22,27)(H,21,23,25). The molecule has 1 fully saturated rings. The summed E-state index contributed by atoms with van der Waals surface area (Å²) in [6.45, 7) is 0.130. The molecule has 4 rings (SSSR count). The van der Waals surface area contributed by atoms with Crippen LogP contribution in [0.25, 0.3) is 10.2 Å². The van der Waals surface area contributed by atoms with Crippen molar-refractivity contribution < 1.29 is 19.1 Å². The first kappa shape index (κ1) is 18.9. The van der Waals surface area contributed by atoms with E-state index >= 15 is 0 Å². The van der Waals surface area contributed by atoms with E-state index in [0.29, 0.717) is 10.9 Å². The summed E-state index contributed by atoms with van der Waals surface area (Å²) in [5, 5.41) is 5.74. The smallest absolute Gasteiger partial charge is 0.325 e. The Morgan fingerprint density at radius 3 is 2.69 bits per heavy atom. The van der Waals surface area contributed by atoms with Gasteiger partial charge >= 0.3 is 6.03 Å². The monoisotopic (exact) mass is 410 g/mol. The Kier molecular flexibility index (Phi) is 5.13. The van der Waals surface area contributed by atoms with Gasteiger partial charge in [-0.1, -0.05) is 35.6 Å².